The lowest BCUT2D eigenvalue weighted by Gasteiger charge is -2.40. The molecular formula is C49H42N2. The third kappa shape index (κ3) is 5.28. The van der Waals surface area contributed by atoms with Gasteiger partial charge < -0.3 is 4.57 Å². The quantitative estimate of drug-likeness (QED) is 0.184. The van der Waals surface area contributed by atoms with E-state index in [1.807, 2.05) is 0 Å². The van der Waals surface area contributed by atoms with Crippen molar-refractivity contribution >= 4 is 22.4 Å². The summed E-state index contributed by atoms with van der Waals surface area (Å²) in [5, 5.41) is 2.63. The molecule has 0 aliphatic heterocycles. The van der Waals surface area contributed by atoms with Gasteiger partial charge in [-0.1, -0.05) is 146 Å². The summed E-state index contributed by atoms with van der Waals surface area (Å²) < 4.78 is 2.49. The van der Waals surface area contributed by atoms with Gasteiger partial charge in [-0.05, 0) is 112 Å². The number of allylic oxidation sites excluding steroid dienone is 13. The Kier molecular flexibility index (Phi) is 7.56. The predicted molar refractivity (Wildman–Crippen MR) is 212 cm³/mol. The lowest BCUT2D eigenvalue weighted by Crippen LogP contribution is -2.26. The van der Waals surface area contributed by atoms with E-state index in [-0.39, 0.29) is 6.04 Å². The predicted octanol–water partition coefficient (Wildman–Crippen LogP) is 12.3. The molecule has 0 saturated heterocycles. The van der Waals surface area contributed by atoms with Crippen LogP contribution in [0.15, 0.2) is 168 Å². The van der Waals surface area contributed by atoms with Gasteiger partial charge in [0.15, 0.2) is 0 Å². The van der Waals surface area contributed by atoms with Crippen molar-refractivity contribution in [3.8, 4) is 11.4 Å². The topological polar surface area (TPSA) is 17.8 Å². The van der Waals surface area contributed by atoms with Crippen LogP contribution in [0.1, 0.15) is 78.6 Å². The summed E-state index contributed by atoms with van der Waals surface area (Å²) in [4.78, 5) is 5.20. The molecule has 1 aromatic heterocycles. The largest absolute Gasteiger partial charge is 0.317 e. The first-order valence-electron chi connectivity index (χ1n) is 18.9. The molecule has 0 fully saturated rings. The molecule has 10 rings (SSSR count). The molecule has 0 radical (unpaired) electrons. The first kappa shape index (κ1) is 30.4. The Balaban J connectivity index is 1.05. The van der Waals surface area contributed by atoms with Crippen LogP contribution in [0.3, 0.4) is 0 Å². The number of aryl methyl sites for hydroxylation is 1. The third-order valence-corrected chi connectivity index (χ3v) is 11.8. The molecule has 1 heterocycles. The molecule has 248 valence electrons. The molecule has 2 heteroatoms. The van der Waals surface area contributed by atoms with Gasteiger partial charge in [-0.25, -0.2) is 4.98 Å². The molecule has 0 amide bonds. The van der Waals surface area contributed by atoms with Crippen LogP contribution < -0.4 is 0 Å². The first-order valence-corrected chi connectivity index (χ1v) is 18.9. The zero-order chi connectivity index (χ0) is 33.7. The summed E-state index contributed by atoms with van der Waals surface area (Å²) in [7, 11) is 0. The molecule has 3 atom stereocenters. The monoisotopic (exact) mass is 658 g/mol. The van der Waals surface area contributed by atoms with Gasteiger partial charge in [-0.3, -0.25) is 0 Å². The van der Waals surface area contributed by atoms with Crippen LogP contribution in [0.2, 0.25) is 0 Å². The Labute approximate surface area is 301 Å². The van der Waals surface area contributed by atoms with E-state index < -0.39 is 0 Å². The highest BCUT2D eigenvalue weighted by molar-refractivity contribution is 5.91. The zero-order valence-corrected chi connectivity index (χ0v) is 29.0. The minimum Gasteiger partial charge on any atom is -0.317 e. The SMILES string of the molecule is C1=CC(C2=C3C=C(C4=CCC(n5c(-c6ccccc6)nc6c5C=CCC6)C=C4)CCC3C(c3ccc4ccccc4c3)c3ccccc32)=CCC1. The molecule has 5 aliphatic carbocycles. The molecule has 5 aromatic rings. The van der Waals surface area contributed by atoms with E-state index in [1.54, 1.807) is 0 Å². The number of rotatable bonds is 5. The third-order valence-electron chi connectivity index (χ3n) is 11.8. The van der Waals surface area contributed by atoms with Crippen molar-refractivity contribution in [3.05, 3.63) is 196 Å². The average Bonchev–Trinajstić information content (AvgIpc) is 3.60. The molecular weight excluding hydrogens is 617 g/mol. The smallest absolute Gasteiger partial charge is 0.141 e. The molecule has 0 saturated carbocycles. The van der Waals surface area contributed by atoms with Gasteiger partial charge in [-0.2, -0.15) is 0 Å². The lowest BCUT2D eigenvalue weighted by molar-refractivity contribution is 0.489. The highest BCUT2D eigenvalue weighted by Gasteiger charge is 2.38. The van der Waals surface area contributed by atoms with E-state index in [0.717, 1.165) is 50.8 Å². The number of fused-ring (bicyclic) bond motifs is 4. The Morgan fingerprint density at radius 2 is 1.53 bits per heavy atom. The summed E-state index contributed by atoms with van der Waals surface area (Å²) >= 11 is 0. The Morgan fingerprint density at radius 1 is 0.686 bits per heavy atom. The number of aromatic nitrogens is 2. The highest BCUT2D eigenvalue weighted by atomic mass is 15.1. The molecule has 51 heavy (non-hydrogen) atoms. The maximum atomic E-state index is 5.20. The van der Waals surface area contributed by atoms with Crippen molar-refractivity contribution in [3.63, 3.8) is 0 Å². The Hall–Kier alpha value is -5.47. The van der Waals surface area contributed by atoms with E-state index in [4.69, 9.17) is 4.98 Å². The Morgan fingerprint density at radius 3 is 2.39 bits per heavy atom. The van der Waals surface area contributed by atoms with Crippen molar-refractivity contribution < 1.29 is 0 Å². The summed E-state index contributed by atoms with van der Waals surface area (Å²) in [6.45, 7) is 0. The van der Waals surface area contributed by atoms with Gasteiger partial charge in [0.05, 0.1) is 17.4 Å². The minimum atomic E-state index is 0.242. The van der Waals surface area contributed by atoms with Crippen molar-refractivity contribution in [1.82, 2.24) is 9.55 Å². The fraction of sp³-hybridized carbons (Fsp3) is 0.204. The maximum absolute atomic E-state index is 5.20. The van der Waals surface area contributed by atoms with Crippen LogP contribution >= 0.6 is 0 Å². The Bertz CT molecular complexity index is 2400. The number of benzene rings is 4. The van der Waals surface area contributed by atoms with Crippen molar-refractivity contribution in [1.29, 1.82) is 0 Å². The molecule has 0 N–H and O–H groups in total. The van der Waals surface area contributed by atoms with Gasteiger partial charge in [0.25, 0.3) is 0 Å². The second kappa shape index (κ2) is 12.7. The van der Waals surface area contributed by atoms with Gasteiger partial charge >= 0.3 is 0 Å². The van der Waals surface area contributed by atoms with Crippen LogP contribution in [-0.4, -0.2) is 9.55 Å². The zero-order valence-electron chi connectivity index (χ0n) is 29.0. The van der Waals surface area contributed by atoms with Gasteiger partial charge in [0.1, 0.15) is 5.82 Å². The van der Waals surface area contributed by atoms with Crippen LogP contribution in [-0.2, 0) is 6.42 Å². The van der Waals surface area contributed by atoms with Crippen molar-refractivity contribution in [2.24, 2.45) is 5.92 Å². The standard InChI is InChI=1S/C49H42N2/c1-3-14-35(15-4-1)47-41-19-9-10-20-42(41)48(39-24-23-33-13-7-8-18-37(33)31-39)43-30-27-38(32-44(43)47)34-25-28-40(29-26-34)51-46-22-12-11-21-45(46)50-49(51)36-16-5-2-6-17-36/h2-3,5-10,12-20,22-26,28,31-32,40,43,48H,1,4,11,21,27,29-30H2. The molecule has 2 nitrogen and oxygen atoms in total. The number of nitrogens with zero attached hydrogens (tertiary/aromatic N) is 2. The van der Waals surface area contributed by atoms with Crippen LogP contribution in [0.5, 0.6) is 0 Å². The minimum absolute atomic E-state index is 0.242. The highest BCUT2D eigenvalue weighted by Crippen LogP contribution is 2.54. The second-order valence-corrected chi connectivity index (χ2v) is 14.7. The van der Waals surface area contributed by atoms with E-state index in [0.29, 0.717) is 11.8 Å². The number of imidazole rings is 1. The van der Waals surface area contributed by atoms with Crippen molar-refractivity contribution in [2.75, 3.05) is 0 Å². The average molecular weight is 659 g/mol. The molecule has 5 aliphatic rings. The first-order chi connectivity index (χ1) is 25.3. The fourth-order valence-corrected chi connectivity index (χ4v) is 9.40. The summed E-state index contributed by atoms with van der Waals surface area (Å²) in [6, 6.07) is 36.2. The number of hydrogen-bond acceptors (Lipinski definition) is 1. The van der Waals surface area contributed by atoms with E-state index in [9.17, 15) is 0 Å². The molecule has 3 unspecified atom stereocenters. The lowest BCUT2D eigenvalue weighted by atomic mass is 9.63. The van der Waals surface area contributed by atoms with E-state index in [1.165, 1.54) is 72.3 Å². The number of hydrogen-bond donors (Lipinski definition) is 0. The maximum Gasteiger partial charge on any atom is 0.141 e. The van der Waals surface area contributed by atoms with Crippen LogP contribution in [0, 0.1) is 5.92 Å². The molecule has 4 aromatic carbocycles. The normalized spacial score (nSPS) is 22.2. The summed E-state index contributed by atoms with van der Waals surface area (Å²) in [5.74, 6) is 1.84. The van der Waals surface area contributed by atoms with Gasteiger partial charge in [0, 0.05) is 11.5 Å². The summed E-state index contributed by atoms with van der Waals surface area (Å²) in [5.41, 5.74) is 15.2. The van der Waals surface area contributed by atoms with E-state index in [2.05, 4.69) is 156 Å². The fourth-order valence-electron chi connectivity index (χ4n) is 9.40. The molecule has 0 spiro atoms. The van der Waals surface area contributed by atoms with Crippen LogP contribution in [0.4, 0.5) is 0 Å². The van der Waals surface area contributed by atoms with Crippen LogP contribution in [0.25, 0.3) is 33.8 Å². The van der Waals surface area contributed by atoms with Crippen molar-refractivity contribution in [2.45, 2.75) is 56.9 Å². The van der Waals surface area contributed by atoms with Gasteiger partial charge in [0.2, 0.25) is 0 Å². The van der Waals surface area contributed by atoms with E-state index >= 15 is 0 Å². The molecule has 0 bridgehead atoms. The van der Waals surface area contributed by atoms with Gasteiger partial charge in [-0.15, -0.1) is 0 Å². The summed E-state index contributed by atoms with van der Waals surface area (Å²) in [6.07, 6.45) is 29.3. The second-order valence-electron chi connectivity index (χ2n) is 14.7.